The maximum atomic E-state index is 3.64. The second-order valence-electron chi connectivity index (χ2n) is 6.44. The van der Waals surface area contributed by atoms with Gasteiger partial charge in [-0.3, -0.25) is 4.90 Å². The summed E-state index contributed by atoms with van der Waals surface area (Å²) in [6.07, 6.45) is 0. The van der Waals surface area contributed by atoms with Crippen LogP contribution in [0.5, 0.6) is 0 Å². The first kappa shape index (κ1) is 17.2. The summed E-state index contributed by atoms with van der Waals surface area (Å²) < 4.78 is 0. The van der Waals surface area contributed by atoms with Gasteiger partial charge in [-0.25, -0.2) is 0 Å². The Morgan fingerprint density at radius 3 is 2.05 bits per heavy atom. The van der Waals surface area contributed by atoms with Crippen molar-refractivity contribution < 1.29 is 0 Å². The Morgan fingerprint density at radius 1 is 0.950 bits per heavy atom. The molecule has 0 fully saturated rings. The predicted molar refractivity (Wildman–Crippen MR) is 89.3 cm³/mol. The third-order valence-corrected chi connectivity index (χ3v) is 4.18. The number of hydrogen-bond donors (Lipinski definition) is 1. The summed E-state index contributed by atoms with van der Waals surface area (Å²) in [4.78, 5) is 2.53. The van der Waals surface area contributed by atoms with Crippen molar-refractivity contribution in [1.29, 1.82) is 0 Å². The van der Waals surface area contributed by atoms with Crippen LogP contribution in [0.3, 0.4) is 0 Å². The Kier molecular flexibility index (Phi) is 6.70. The number of benzene rings is 1. The Bertz CT molecular complexity index is 402. The molecule has 20 heavy (non-hydrogen) atoms. The standard InChI is InChI=1S/C18H32N2/c1-13(2)20(14(3)4)11-10-19-17(7)18-9-8-15(5)16(6)12-18/h8-9,12-14,17,19H,10-11H2,1-7H3. The lowest BCUT2D eigenvalue weighted by molar-refractivity contribution is 0.174. The fraction of sp³-hybridized carbons (Fsp3) is 0.667. The zero-order chi connectivity index (χ0) is 15.3. The van der Waals surface area contributed by atoms with Crippen LogP contribution in [0.2, 0.25) is 0 Å². The van der Waals surface area contributed by atoms with Gasteiger partial charge in [0.2, 0.25) is 0 Å². The summed E-state index contributed by atoms with van der Waals surface area (Å²) in [5.74, 6) is 0. The van der Waals surface area contributed by atoms with Crippen LogP contribution in [-0.2, 0) is 0 Å². The number of aryl methyl sites for hydroxylation is 2. The molecule has 1 unspecified atom stereocenters. The van der Waals surface area contributed by atoms with E-state index in [1.165, 1.54) is 16.7 Å². The van der Waals surface area contributed by atoms with E-state index in [0.29, 0.717) is 18.1 Å². The van der Waals surface area contributed by atoms with E-state index in [9.17, 15) is 0 Å². The van der Waals surface area contributed by atoms with Gasteiger partial charge in [-0.05, 0) is 65.2 Å². The van der Waals surface area contributed by atoms with Crippen LogP contribution >= 0.6 is 0 Å². The molecule has 0 aliphatic carbocycles. The molecule has 0 heterocycles. The highest BCUT2D eigenvalue weighted by molar-refractivity contribution is 5.31. The zero-order valence-electron chi connectivity index (χ0n) is 14.3. The summed E-state index contributed by atoms with van der Waals surface area (Å²) in [7, 11) is 0. The quantitative estimate of drug-likeness (QED) is 0.807. The zero-order valence-corrected chi connectivity index (χ0v) is 14.3. The second kappa shape index (κ2) is 7.80. The van der Waals surface area contributed by atoms with Crippen LogP contribution < -0.4 is 5.32 Å². The molecule has 0 bridgehead atoms. The minimum absolute atomic E-state index is 0.412. The van der Waals surface area contributed by atoms with Crippen molar-refractivity contribution in [2.45, 2.75) is 66.6 Å². The average molecular weight is 276 g/mol. The molecule has 1 rings (SSSR count). The maximum absolute atomic E-state index is 3.64. The molecular weight excluding hydrogens is 244 g/mol. The summed E-state index contributed by atoms with van der Waals surface area (Å²) in [5, 5.41) is 3.64. The first-order valence-electron chi connectivity index (χ1n) is 7.89. The lowest BCUT2D eigenvalue weighted by Gasteiger charge is -2.31. The lowest BCUT2D eigenvalue weighted by Crippen LogP contribution is -2.41. The summed E-state index contributed by atoms with van der Waals surface area (Å²) in [6, 6.07) is 8.38. The predicted octanol–water partition coefficient (Wildman–Crippen LogP) is 4.07. The highest BCUT2D eigenvalue weighted by atomic mass is 15.2. The van der Waals surface area contributed by atoms with Crippen LogP contribution in [0.15, 0.2) is 18.2 Å². The molecule has 2 heteroatoms. The van der Waals surface area contributed by atoms with Gasteiger partial charge in [0, 0.05) is 31.2 Å². The Morgan fingerprint density at radius 2 is 1.55 bits per heavy atom. The first-order chi connectivity index (χ1) is 9.32. The van der Waals surface area contributed by atoms with Gasteiger partial charge in [-0.15, -0.1) is 0 Å². The van der Waals surface area contributed by atoms with E-state index in [1.807, 2.05) is 0 Å². The minimum Gasteiger partial charge on any atom is -0.309 e. The van der Waals surface area contributed by atoms with Crippen LogP contribution in [0.25, 0.3) is 0 Å². The highest BCUT2D eigenvalue weighted by Crippen LogP contribution is 2.16. The molecule has 1 aromatic carbocycles. The van der Waals surface area contributed by atoms with Crippen molar-refractivity contribution in [2.75, 3.05) is 13.1 Å². The van der Waals surface area contributed by atoms with Crippen molar-refractivity contribution in [3.8, 4) is 0 Å². The van der Waals surface area contributed by atoms with Crippen molar-refractivity contribution >= 4 is 0 Å². The monoisotopic (exact) mass is 276 g/mol. The topological polar surface area (TPSA) is 15.3 Å². The molecule has 1 aromatic rings. The minimum atomic E-state index is 0.412. The molecular formula is C18H32N2. The molecule has 0 amide bonds. The maximum Gasteiger partial charge on any atom is 0.0292 e. The number of nitrogens with one attached hydrogen (secondary N) is 1. The molecule has 0 aliphatic heterocycles. The number of rotatable bonds is 7. The van der Waals surface area contributed by atoms with Gasteiger partial charge in [0.1, 0.15) is 0 Å². The molecule has 114 valence electrons. The molecule has 0 saturated carbocycles. The first-order valence-corrected chi connectivity index (χ1v) is 7.89. The Balaban J connectivity index is 2.50. The molecule has 2 nitrogen and oxygen atoms in total. The second-order valence-corrected chi connectivity index (χ2v) is 6.44. The molecule has 0 saturated heterocycles. The third kappa shape index (κ3) is 4.92. The van der Waals surface area contributed by atoms with Crippen molar-refractivity contribution in [3.63, 3.8) is 0 Å². The van der Waals surface area contributed by atoms with Gasteiger partial charge in [0.05, 0.1) is 0 Å². The SMILES string of the molecule is Cc1ccc(C(C)NCCN(C(C)C)C(C)C)cc1C. The number of nitrogens with zero attached hydrogens (tertiary/aromatic N) is 1. The fourth-order valence-corrected chi connectivity index (χ4v) is 2.67. The average Bonchev–Trinajstić information content (AvgIpc) is 2.36. The molecule has 0 radical (unpaired) electrons. The van der Waals surface area contributed by atoms with E-state index in [2.05, 4.69) is 76.9 Å². The van der Waals surface area contributed by atoms with Crippen molar-refractivity contribution in [1.82, 2.24) is 10.2 Å². The largest absolute Gasteiger partial charge is 0.309 e. The smallest absolute Gasteiger partial charge is 0.0292 e. The van der Waals surface area contributed by atoms with E-state index in [-0.39, 0.29) is 0 Å². The number of hydrogen-bond acceptors (Lipinski definition) is 2. The van der Waals surface area contributed by atoms with Crippen LogP contribution in [0.1, 0.15) is 57.4 Å². The lowest BCUT2D eigenvalue weighted by atomic mass is 10.0. The molecule has 0 spiro atoms. The summed E-state index contributed by atoms with van der Waals surface area (Å²) >= 11 is 0. The van der Waals surface area contributed by atoms with Crippen LogP contribution in [-0.4, -0.2) is 30.1 Å². The Hall–Kier alpha value is -0.860. The van der Waals surface area contributed by atoms with Gasteiger partial charge in [-0.1, -0.05) is 18.2 Å². The highest BCUT2D eigenvalue weighted by Gasteiger charge is 2.13. The van der Waals surface area contributed by atoms with E-state index in [1.54, 1.807) is 0 Å². The summed E-state index contributed by atoms with van der Waals surface area (Å²) in [6.45, 7) is 17.8. The molecule has 0 aromatic heterocycles. The van der Waals surface area contributed by atoms with Gasteiger partial charge < -0.3 is 5.32 Å². The van der Waals surface area contributed by atoms with Gasteiger partial charge >= 0.3 is 0 Å². The van der Waals surface area contributed by atoms with E-state index >= 15 is 0 Å². The molecule has 0 aliphatic rings. The fourth-order valence-electron chi connectivity index (χ4n) is 2.67. The Labute approximate surface area is 125 Å². The van der Waals surface area contributed by atoms with Crippen molar-refractivity contribution in [3.05, 3.63) is 34.9 Å². The third-order valence-electron chi connectivity index (χ3n) is 4.18. The van der Waals surface area contributed by atoms with E-state index < -0.39 is 0 Å². The van der Waals surface area contributed by atoms with Gasteiger partial charge in [0.15, 0.2) is 0 Å². The normalized spacial score (nSPS) is 13.5. The van der Waals surface area contributed by atoms with Crippen LogP contribution in [0.4, 0.5) is 0 Å². The van der Waals surface area contributed by atoms with Gasteiger partial charge in [0.25, 0.3) is 0 Å². The van der Waals surface area contributed by atoms with E-state index in [4.69, 9.17) is 0 Å². The van der Waals surface area contributed by atoms with E-state index in [0.717, 1.165) is 13.1 Å². The summed E-state index contributed by atoms with van der Waals surface area (Å²) in [5.41, 5.74) is 4.13. The molecule has 1 atom stereocenters. The van der Waals surface area contributed by atoms with Crippen molar-refractivity contribution in [2.24, 2.45) is 0 Å². The molecule has 1 N–H and O–H groups in total. The van der Waals surface area contributed by atoms with Crippen LogP contribution in [0, 0.1) is 13.8 Å². The van der Waals surface area contributed by atoms with Gasteiger partial charge in [-0.2, -0.15) is 0 Å².